The second-order valence-electron chi connectivity index (χ2n) is 3.92. The van der Waals surface area contributed by atoms with Crippen molar-refractivity contribution < 1.29 is 14.3 Å². The van der Waals surface area contributed by atoms with Gasteiger partial charge in [-0.25, -0.2) is 0 Å². The van der Waals surface area contributed by atoms with E-state index in [1.165, 1.54) is 6.07 Å². The van der Waals surface area contributed by atoms with E-state index in [2.05, 4.69) is 0 Å². The Kier molecular flexibility index (Phi) is 4.71. The van der Waals surface area contributed by atoms with Gasteiger partial charge in [-0.3, -0.25) is 9.59 Å². The maximum absolute atomic E-state index is 11.8. The van der Waals surface area contributed by atoms with Crippen LogP contribution in [0.5, 0.6) is 0 Å². The third-order valence-electron chi connectivity index (χ3n) is 2.72. The summed E-state index contributed by atoms with van der Waals surface area (Å²) in [5.41, 5.74) is 12.2. The van der Waals surface area contributed by atoms with Gasteiger partial charge in [0.05, 0.1) is 18.1 Å². The van der Waals surface area contributed by atoms with Crippen LogP contribution in [0, 0.1) is 0 Å². The summed E-state index contributed by atoms with van der Waals surface area (Å²) >= 11 is 0. The van der Waals surface area contributed by atoms with Crippen molar-refractivity contribution >= 4 is 17.6 Å². The fourth-order valence-electron chi connectivity index (χ4n) is 1.80. The van der Waals surface area contributed by atoms with Gasteiger partial charge in [0.2, 0.25) is 0 Å². The Hall–Kier alpha value is -2.04. The normalized spacial score (nSPS) is 11.9. The molecule has 0 aliphatic carbocycles. The number of anilines is 1. The maximum Gasteiger partial charge on any atom is 0.313 e. The molecule has 0 radical (unpaired) electrons. The lowest BCUT2D eigenvalue weighted by Gasteiger charge is -2.15. The zero-order chi connectivity index (χ0) is 13.7. The van der Waals surface area contributed by atoms with E-state index >= 15 is 0 Å². The molecule has 0 saturated carbocycles. The first-order valence-corrected chi connectivity index (χ1v) is 5.87. The van der Waals surface area contributed by atoms with E-state index in [0.717, 1.165) is 5.56 Å². The highest BCUT2D eigenvalue weighted by Crippen LogP contribution is 2.24. The molecule has 0 spiro atoms. The summed E-state index contributed by atoms with van der Waals surface area (Å²) in [5, 5.41) is 0. The molecule has 18 heavy (non-hydrogen) atoms. The van der Waals surface area contributed by atoms with Crippen molar-refractivity contribution in [1.82, 2.24) is 0 Å². The zero-order valence-electron chi connectivity index (χ0n) is 10.6. The number of ether oxygens (including phenoxy) is 1. The first kappa shape index (κ1) is 14.0. The fourth-order valence-corrected chi connectivity index (χ4v) is 1.80. The summed E-state index contributed by atoms with van der Waals surface area (Å²) in [6.07, 6.45) is 0.605. The molecule has 5 heteroatoms. The Bertz CT molecular complexity index is 458. The fraction of sp³-hybridized carbons (Fsp3) is 0.385. The quantitative estimate of drug-likeness (QED) is 0.610. The van der Waals surface area contributed by atoms with E-state index in [4.69, 9.17) is 16.2 Å². The molecular formula is C13H18N2O3. The van der Waals surface area contributed by atoms with Gasteiger partial charge in [-0.2, -0.15) is 0 Å². The first-order chi connectivity index (χ1) is 8.51. The molecule has 0 aliphatic rings. The van der Waals surface area contributed by atoms with Crippen molar-refractivity contribution in [2.45, 2.75) is 26.2 Å². The molecule has 0 aliphatic heterocycles. The van der Waals surface area contributed by atoms with Crippen LogP contribution in [0.15, 0.2) is 18.2 Å². The lowest BCUT2D eigenvalue weighted by atomic mass is 9.94. The number of benzene rings is 1. The maximum atomic E-state index is 11.8. The van der Waals surface area contributed by atoms with Crippen LogP contribution >= 0.6 is 0 Å². The van der Waals surface area contributed by atoms with E-state index in [9.17, 15) is 9.59 Å². The number of carbonyl (C=O) groups is 2. The van der Waals surface area contributed by atoms with Gasteiger partial charge in [0, 0.05) is 5.69 Å². The second-order valence-corrected chi connectivity index (χ2v) is 3.92. The Morgan fingerprint density at radius 1 is 1.33 bits per heavy atom. The summed E-state index contributed by atoms with van der Waals surface area (Å²) in [6, 6.07) is 4.82. The van der Waals surface area contributed by atoms with Crippen molar-refractivity contribution in [3.8, 4) is 0 Å². The summed E-state index contributed by atoms with van der Waals surface area (Å²) in [7, 11) is 0. The number of rotatable bonds is 5. The average molecular weight is 250 g/mol. The lowest BCUT2D eigenvalue weighted by molar-refractivity contribution is -0.145. The van der Waals surface area contributed by atoms with Crippen molar-refractivity contribution in [2.24, 2.45) is 5.73 Å². The van der Waals surface area contributed by atoms with Crippen LogP contribution in [0.4, 0.5) is 5.69 Å². The molecule has 0 heterocycles. The van der Waals surface area contributed by atoms with Crippen LogP contribution in [0.3, 0.4) is 0 Å². The average Bonchev–Trinajstić information content (AvgIpc) is 2.29. The van der Waals surface area contributed by atoms with Gasteiger partial charge < -0.3 is 16.2 Å². The molecule has 4 N–H and O–H groups in total. The van der Waals surface area contributed by atoms with Gasteiger partial charge in [-0.05, 0) is 31.0 Å². The topological polar surface area (TPSA) is 95.4 Å². The van der Waals surface area contributed by atoms with E-state index in [1.807, 2.05) is 6.92 Å². The smallest absolute Gasteiger partial charge is 0.313 e. The van der Waals surface area contributed by atoms with Crippen molar-refractivity contribution in [1.29, 1.82) is 0 Å². The SMILES string of the molecule is CCOC(=O)C(CC)c1ccc(C(N)=O)c(N)c1. The van der Waals surface area contributed by atoms with Gasteiger partial charge in [0.25, 0.3) is 5.91 Å². The van der Waals surface area contributed by atoms with E-state index in [1.54, 1.807) is 19.1 Å². The predicted octanol–water partition coefficient (Wildman–Crippen LogP) is 1.42. The van der Waals surface area contributed by atoms with E-state index < -0.39 is 5.91 Å². The van der Waals surface area contributed by atoms with Crippen molar-refractivity contribution in [3.63, 3.8) is 0 Å². The molecule has 1 rings (SSSR count). The van der Waals surface area contributed by atoms with Crippen LogP contribution in [-0.4, -0.2) is 18.5 Å². The van der Waals surface area contributed by atoms with Crippen LogP contribution in [-0.2, 0) is 9.53 Å². The van der Waals surface area contributed by atoms with Gasteiger partial charge >= 0.3 is 5.97 Å². The number of esters is 1. The third-order valence-corrected chi connectivity index (χ3v) is 2.72. The monoisotopic (exact) mass is 250 g/mol. The minimum atomic E-state index is -0.580. The van der Waals surface area contributed by atoms with Crippen LogP contribution in [0.2, 0.25) is 0 Å². The van der Waals surface area contributed by atoms with E-state index in [0.29, 0.717) is 13.0 Å². The zero-order valence-corrected chi connectivity index (χ0v) is 10.6. The summed E-state index contributed by atoms with van der Waals surface area (Å²) in [6.45, 7) is 3.99. The van der Waals surface area contributed by atoms with Gasteiger partial charge in [0.1, 0.15) is 0 Å². The Labute approximate surface area is 106 Å². The molecule has 0 bridgehead atoms. The molecule has 1 amide bonds. The molecule has 1 atom stereocenters. The van der Waals surface area contributed by atoms with Crippen molar-refractivity contribution in [2.75, 3.05) is 12.3 Å². The minimum absolute atomic E-state index is 0.262. The van der Waals surface area contributed by atoms with E-state index in [-0.39, 0.29) is 23.1 Å². The summed E-state index contributed by atoms with van der Waals surface area (Å²) < 4.78 is 5.00. The number of nitrogen functional groups attached to an aromatic ring is 1. The standard InChI is InChI=1S/C13H18N2O3/c1-3-9(13(17)18-4-2)8-5-6-10(12(15)16)11(14)7-8/h5-7,9H,3-4,14H2,1-2H3,(H2,15,16). The minimum Gasteiger partial charge on any atom is -0.466 e. The lowest BCUT2D eigenvalue weighted by Crippen LogP contribution is -2.17. The highest BCUT2D eigenvalue weighted by atomic mass is 16.5. The third kappa shape index (κ3) is 3.00. The van der Waals surface area contributed by atoms with Crippen LogP contribution in [0.1, 0.15) is 42.1 Å². The summed E-state index contributed by atoms with van der Waals surface area (Å²) in [5.74, 6) is -1.23. The molecule has 1 aromatic carbocycles. The molecule has 0 aromatic heterocycles. The number of hydrogen-bond donors (Lipinski definition) is 2. The Morgan fingerprint density at radius 3 is 2.44 bits per heavy atom. The molecule has 1 aromatic rings. The number of carbonyl (C=O) groups excluding carboxylic acids is 2. The second kappa shape index (κ2) is 6.05. The molecular weight excluding hydrogens is 232 g/mol. The number of nitrogens with two attached hydrogens (primary N) is 2. The highest BCUT2D eigenvalue weighted by molar-refractivity contribution is 5.98. The van der Waals surface area contributed by atoms with Gasteiger partial charge in [0.15, 0.2) is 0 Å². The Morgan fingerprint density at radius 2 is 2.00 bits per heavy atom. The van der Waals surface area contributed by atoms with Crippen LogP contribution in [0.25, 0.3) is 0 Å². The highest BCUT2D eigenvalue weighted by Gasteiger charge is 2.21. The molecule has 0 fully saturated rings. The molecule has 5 nitrogen and oxygen atoms in total. The van der Waals surface area contributed by atoms with Crippen LogP contribution < -0.4 is 11.5 Å². The van der Waals surface area contributed by atoms with Crippen molar-refractivity contribution in [3.05, 3.63) is 29.3 Å². The summed E-state index contributed by atoms with van der Waals surface area (Å²) in [4.78, 5) is 22.8. The predicted molar refractivity (Wildman–Crippen MR) is 69.0 cm³/mol. The molecule has 98 valence electrons. The molecule has 0 saturated heterocycles. The number of amides is 1. The Balaban J connectivity index is 3.05. The first-order valence-electron chi connectivity index (χ1n) is 5.87. The largest absolute Gasteiger partial charge is 0.466 e. The molecule has 1 unspecified atom stereocenters. The van der Waals surface area contributed by atoms with Gasteiger partial charge in [-0.15, -0.1) is 0 Å². The number of primary amides is 1. The van der Waals surface area contributed by atoms with Gasteiger partial charge in [-0.1, -0.05) is 13.0 Å². The number of hydrogen-bond acceptors (Lipinski definition) is 4.